The van der Waals surface area contributed by atoms with Gasteiger partial charge in [0.05, 0.1) is 16.1 Å². The molecule has 172 valence electrons. The lowest BCUT2D eigenvalue weighted by Crippen LogP contribution is -2.34. The fourth-order valence-electron chi connectivity index (χ4n) is 2.90. The lowest BCUT2D eigenvalue weighted by molar-refractivity contribution is -0.384. The monoisotopic (exact) mass is 462 g/mol. The van der Waals surface area contributed by atoms with Crippen molar-refractivity contribution in [1.82, 2.24) is 15.6 Å². The molecule has 2 amide bonds. The molecule has 0 saturated carbocycles. The molecule has 0 bridgehead atoms. The molecule has 0 fully saturated rings. The van der Waals surface area contributed by atoms with Gasteiger partial charge in [-0.1, -0.05) is 12.1 Å². The van der Waals surface area contributed by atoms with Gasteiger partial charge >= 0.3 is 6.18 Å². The van der Waals surface area contributed by atoms with Crippen molar-refractivity contribution in [1.29, 1.82) is 0 Å². The third kappa shape index (κ3) is 5.53. The van der Waals surface area contributed by atoms with E-state index in [0.717, 1.165) is 24.3 Å². The summed E-state index contributed by atoms with van der Waals surface area (Å²) in [5, 5.41) is 16.5. The number of benzene rings is 2. The third-order valence-corrected chi connectivity index (χ3v) is 4.43. The molecule has 0 radical (unpaired) electrons. The first-order chi connectivity index (χ1) is 15.6. The Morgan fingerprint density at radius 2 is 1.70 bits per heavy atom. The number of nitrogens with zero attached hydrogens (tertiary/aromatic N) is 2. The van der Waals surface area contributed by atoms with Crippen LogP contribution in [0, 0.1) is 10.1 Å². The summed E-state index contributed by atoms with van der Waals surface area (Å²) in [7, 11) is 0. The zero-order valence-electron chi connectivity index (χ0n) is 17.1. The number of oxazole rings is 1. The fourth-order valence-corrected chi connectivity index (χ4v) is 2.90. The molecule has 9 nitrogen and oxygen atoms in total. The van der Waals surface area contributed by atoms with Gasteiger partial charge in [-0.15, -0.1) is 0 Å². The SMILES string of the molecule is CC(=O)NCCNC(=O)c1nc(-c2ccc(C(F)(F)F)cc2)oc1-c1ccccc1[N+](=O)[O-]. The maximum atomic E-state index is 12.9. The molecule has 2 aromatic carbocycles. The molecule has 0 unspecified atom stereocenters. The van der Waals surface area contributed by atoms with Gasteiger partial charge in [0, 0.05) is 31.6 Å². The van der Waals surface area contributed by atoms with Crippen LogP contribution in [0.15, 0.2) is 52.9 Å². The van der Waals surface area contributed by atoms with E-state index in [1.54, 1.807) is 0 Å². The zero-order valence-corrected chi connectivity index (χ0v) is 17.1. The number of para-hydroxylation sites is 1. The average Bonchev–Trinajstić information content (AvgIpc) is 3.21. The molecule has 3 rings (SSSR count). The number of carbonyl (C=O) groups is 2. The predicted molar refractivity (Wildman–Crippen MR) is 110 cm³/mol. The van der Waals surface area contributed by atoms with Crippen LogP contribution in [0.25, 0.3) is 22.8 Å². The van der Waals surface area contributed by atoms with Gasteiger partial charge in [-0.05, 0) is 30.3 Å². The van der Waals surface area contributed by atoms with Crippen LogP contribution >= 0.6 is 0 Å². The lowest BCUT2D eigenvalue weighted by Gasteiger charge is -2.06. The van der Waals surface area contributed by atoms with Crippen molar-refractivity contribution < 1.29 is 32.1 Å². The zero-order chi connectivity index (χ0) is 24.2. The Kier molecular flexibility index (Phi) is 6.75. The Morgan fingerprint density at radius 1 is 1.06 bits per heavy atom. The van der Waals surface area contributed by atoms with Crippen LogP contribution in [0.4, 0.5) is 18.9 Å². The highest BCUT2D eigenvalue weighted by atomic mass is 19.4. The molecule has 33 heavy (non-hydrogen) atoms. The summed E-state index contributed by atoms with van der Waals surface area (Å²) < 4.78 is 44.2. The molecule has 2 N–H and O–H groups in total. The Hall–Kier alpha value is -4.22. The van der Waals surface area contributed by atoms with E-state index < -0.39 is 22.6 Å². The van der Waals surface area contributed by atoms with Crippen LogP contribution in [0.1, 0.15) is 23.0 Å². The Labute approximate surface area is 184 Å². The number of rotatable bonds is 7. The first-order valence-electron chi connectivity index (χ1n) is 9.53. The molecule has 12 heteroatoms. The van der Waals surface area contributed by atoms with Crippen molar-refractivity contribution >= 4 is 17.5 Å². The summed E-state index contributed by atoms with van der Waals surface area (Å²) in [4.78, 5) is 38.6. The molecule has 0 aliphatic carbocycles. The van der Waals surface area contributed by atoms with Gasteiger partial charge in [-0.25, -0.2) is 4.98 Å². The van der Waals surface area contributed by atoms with Crippen LogP contribution in [0.3, 0.4) is 0 Å². The van der Waals surface area contributed by atoms with E-state index >= 15 is 0 Å². The van der Waals surface area contributed by atoms with Gasteiger partial charge in [-0.3, -0.25) is 19.7 Å². The van der Waals surface area contributed by atoms with Crippen LogP contribution < -0.4 is 10.6 Å². The van der Waals surface area contributed by atoms with Crippen molar-refractivity contribution in [2.24, 2.45) is 0 Å². The second kappa shape index (κ2) is 9.51. The molecule has 0 spiro atoms. The highest BCUT2D eigenvalue weighted by Crippen LogP contribution is 2.36. The van der Waals surface area contributed by atoms with E-state index in [2.05, 4.69) is 15.6 Å². The number of halogens is 3. The van der Waals surface area contributed by atoms with Crippen molar-refractivity contribution in [3.63, 3.8) is 0 Å². The molecule has 0 atom stereocenters. The number of amides is 2. The summed E-state index contributed by atoms with van der Waals surface area (Å²) in [5.41, 5.74) is -1.41. The minimum atomic E-state index is -4.54. The largest absolute Gasteiger partial charge is 0.435 e. The molecule has 0 aliphatic heterocycles. The normalized spacial score (nSPS) is 11.2. The van der Waals surface area contributed by atoms with Gasteiger partial charge in [0.2, 0.25) is 11.8 Å². The first kappa shape index (κ1) is 23.4. The topological polar surface area (TPSA) is 127 Å². The van der Waals surface area contributed by atoms with E-state index in [0.29, 0.717) is 0 Å². The molecule has 1 heterocycles. The number of carbonyl (C=O) groups excluding carboxylic acids is 2. The van der Waals surface area contributed by atoms with Gasteiger partial charge < -0.3 is 15.1 Å². The van der Waals surface area contributed by atoms with E-state index in [4.69, 9.17) is 4.42 Å². The van der Waals surface area contributed by atoms with Crippen LogP contribution in [-0.4, -0.2) is 34.8 Å². The molecule has 3 aromatic rings. The summed E-state index contributed by atoms with van der Waals surface area (Å²) in [6, 6.07) is 9.42. The second-order valence-corrected chi connectivity index (χ2v) is 6.78. The number of nitrogens with one attached hydrogen (secondary N) is 2. The first-order valence-corrected chi connectivity index (χ1v) is 9.53. The molecule has 0 aliphatic rings. The van der Waals surface area contributed by atoms with Gasteiger partial charge in [-0.2, -0.15) is 13.2 Å². The number of hydrogen-bond donors (Lipinski definition) is 2. The highest BCUT2D eigenvalue weighted by molar-refractivity contribution is 5.99. The number of nitro groups is 1. The summed E-state index contributed by atoms with van der Waals surface area (Å²) in [6.07, 6.45) is -4.54. The Morgan fingerprint density at radius 3 is 2.30 bits per heavy atom. The highest BCUT2D eigenvalue weighted by Gasteiger charge is 2.31. The summed E-state index contributed by atoms with van der Waals surface area (Å²) in [5.74, 6) is -1.44. The predicted octanol–water partition coefficient (Wildman–Crippen LogP) is 3.80. The molecule has 0 saturated heterocycles. The van der Waals surface area contributed by atoms with Crippen LogP contribution in [-0.2, 0) is 11.0 Å². The smallest absolute Gasteiger partial charge is 0.416 e. The quantitative estimate of drug-likeness (QED) is 0.312. The van der Waals surface area contributed by atoms with E-state index in [1.165, 1.54) is 31.2 Å². The van der Waals surface area contributed by atoms with Crippen molar-refractivity contribution in [3.05, 3.63) is 69.9 Å². The lowest BCUT2D eigenvalue weighted by atomic mass is 10.1. The van der Waals surface area contributed by atoms with Gasteiger partial charge in [0.25, 0.3) is 11.6 Å². The Bertz CT molecular complexity index is 1190. The third-order valence-electron chi connectivity index (χ3n) is 4.43. The number of alkyl halides is 3. The fraction of sp³-hybridized carbons (Fsp3) is 0.190. The van der Waals surface area contributed by atoms with Crippen LogP contribution in [0.5, 0.6) is 0 Å². The summed E-state index contributed by atoms with van der Waals surface area (Å²) >= 11 is 0. The van der Waals surface area contributed by atoms with Crippen molar-refractivity contribution in [3.8, 4) is 22.8 Å². The minimum absolute atomic E-state index is 0.0276. The number of nitro benzene ring substituents is 1. The molecular weight excluding hydrogens is 445 g/mol. The van der Waals surface area contributed by atoms with Gasteiger partial charge in [0.15, 0.2) is 11.5 Å². The van der Waals surface area contributed by atoms with Crippen LogP contribution in [0.2, 0.25) is 0 Å². The second-order valence-electron chi connectivity index (χ2n) is 6.78. The van der Waals surface area contributed by atoms with Crippen molar-refractivity contribution in [2.75, 3.05) is 13.1 Å². The maximum Gasteiger partial charge on any atom is 0.416 e. The standard InChI is InChI=1S/C21H17F3N4O5/c1-12(29)25-10-11-26-19(30)17-18(15-4-2-3-5-16(15)28(31)32)33-20(27-17)13-6-8-14(9-7-13)21(22,23)24/h2-9H,10-11H2,1H3,(H,25,29)(H,26,30). The van der Waals surface area contributed by atoms with E-state index in [-0.39, 0.29) is 53.2 Å². The van der Waals surface area contributed by atoms with E-state index in [1.807, 2.05) is 0 Å². The number of aromatic nitrogens is 1. The van der Waals surface area contributed by atoms with Gasteiger partial charge in [0.1, 0.15) is 0 Å². The average molecular weight is 462 g/mol. The minimum Gasteiger partial charge on any atom is -0.435 e. The molecule has 1 aromatic heterocycles. The van der Waals surface area contributed by atoms with E-state index in [9.17, 15) is 32.9 Å². The Balaban J connectivity index is 2.02. The maximum absolute atomic E-state index is 12.9. The molecular formula is C21H17F3N4O5. The summed E-state index contributed by atoms with van der Waals surface area (Å²) in [6.45, 7) is 1.48. The van der Waals surface area contributed by atoms with Crippen molar-refractivity contribution in [2.45, 2.75) is 13.1 Å². The number of hydrogen-bond acceptors (Lipinski definition) is 6.